The predicted molar refractivity (Wildman–Crippen MR) is 86.9 cm³/mol. The fraction of sp³-hybridized carbons (Fsp3) is 0.882. The third kappa shape index (κ3) is 15.9. The highest BCUT2D eigenvalue weighted by Crippen LogP contribution is 2.11. The summed E-state index contributed by atoms with van der Waals surface area (Å²) in [4.78, 5) is 0. The first kappa shape index (κ1) is 17.9. The topological polar surface area (TPSA) is 0 Å². The van der Waals surface area contributed by atoms with Crippen LogP contribution >= 0.6 is 11.8 Å². The van der Waals surface area contributed by atoms with Crippen molar-refractivity contribution in [1.82, 2.24) is 0 Å². The molecular formula is C17H32S. The highest BCUT2D eigenvalue weighted by molar-refractivity contribution is 8.03. The molecule has 18 heavy (non-hydrogen) atoms. The Balaban J connectivity index is 3.02. The minimum absolute atomic E-state index is 0.519. The Morgan fingerprint density at radius 3 is 1.78 bits per heavy atom. The van der Waals surface area contributed by atoms with E-state index in [0.29, 0.717) is 5.92 Å². The van der Waals surface area contributed by atoms with E-state index in [1.54, 1.807) is 11.8 Å². The molecule has 0 unspecified atom stereocenters. The van der Waals surface area contributed by atoms with Gasteiger partial charge in [-0.05, 0) is 11.7 Å². The summed E-state index contributed by atoms with van der Waals surface area (Å²) in [5.74, 6) is 4.93. The van der Waals surface area contributed by atoms with Crippen molar-refractivity contribution in [1.29, 1.82) is 0 Å². The smallest absolute Gasteiger partial charge is 0.0155 e. The second-order valence-electron chi connectivity index (χ2n) is 5.43. The normalized spacial score (nSPS) is 10.4. The van der Waals surface area contributed by atoms with E-state index >= 15 is 0 Å². The van der Waals surface area contributed by atoms with Crippen LogP contribution in [0.5, 0.6) is 0 Å². The Labute approximate surface area is 120 Å². The van der Waals surface area contributed by atoms with Crippen LogP contribution in [0.3, 0.4) is 0 Å². The Kier molecular flexibility index (Phi) is 14.9. The second kappa shape index (κ2) is 15.0. The van der Waals surface area contributed by atoms with Crippen LogP contribution in [0.4, 0.5) is 0 Å². The van der Waals surface area contributed by atoms with Gasteiger partial charge >= 0.3 is 0 Å². The summed E-state index contributed by atoms with van der Waals surface area (Å²) in [6.07, 6.45) is 14.2. The molecule has 0 aliphatic heterocycles. The highest BCUT2D eigenvalue weighted by Gasteiger charge is 1.92. The molecule has 1 heteroatoms. The van der Waals surface area contributed by atoms with Crippen molar-refractivity contribution in [3.63, 3.8) is 0 Å². The van der Waals surface area contributed by atoms with Gasteiger partial charge in [0.2, 0.25) is 0 Å². The molecule has 0 amide bonds. The van der Waals surface area contributed by atoms with E-state index in [2.05, 4.69) is 31.9 Å². The molecule has 0 saturated heterocycles. The Morgan fingerprint density at radius 2 is 1.28 bits per heavy atom. The molecule has 0 spiro atoms. The number of hydrogen-bond donors (Lipinski definition) is 0. The van der Waals surface area contributed by atoms with Crippen LogP contribution in [0.1, 0.15) is 85.0 Å². The van der Waals surface area contributed by atoms with Crippen molar-refractivity contribution < 1.29 is 0 Å². The van der Waals surface area contributed by atoms with Crippen LogP contribution in [-0.4, -0.2) is 5.75 Å². The first-order valence-electron chi connectivity index (χ1n) is 7.89. The summed E-state index contributed by atoms with van der Waals surface area (Å²) in [6, 6.07) is 0. The van der Waals surface area contributed by atoms with Crippen molar-refractivity contribution in [2.75, 3.05) is 5.75 Å². The number of rotatable bonds is 11. The van der Waals surface area contributed by atoms with Crippen LogP contribution in [0.15, 0.2) is 0 Å². The van der Waals surface area contributed by atoms with Crippen molar-refractivity contribution in [2.45, 2.75) is 85.0 Å². The molecule has 0 aromatic rings. The second-order valence-corrected chi connectivity index (χ2v) is 6.33. The molecule has 0 N–H and O–H groups in total. The maximum Gasteiger partial charge on any atom is 0.0155 e. The van der Waals surface area contributed by atoms with E-state index in [-0.39, 0.29) is 0 Å². The highest BCUT2D eigenvalue weighted by atomic mass is 32.2. The van der Waals surface area contributed by atoms with Crippen LogP contribution in [-0.2, 0) is 0 Å². The summed E-state index contributed by atoms with van der Waals surface area (Å²) in [6.45, 7) is 6.58. The lowest BCUT2D eigenvalue weighted by Crippen LogP contribution is -1.83. The van der Waals surface area contributed by atoms with Gasteiger partial charge in [0.1, 0.15) is 0 Å². The third-order valence-corrected chi connectivity index (χ3v) is 3.77. The fourth-order valence-corrected chi connectivity index (χ4v) is 2.64. The van der Waals surface area contributed by atoms with Gasteiger partial charge in [-0.2, -0.15) is 0 Å². The van der Waals surface area contributed by atoms with E-state index in [1.807, 2.05) is 0 Å². The van der Waals surface area contributed by atoms with Gasteiger partial charge in [0, 0.05) is 11.7 Å². The summed E-state index contributed by atoms with van der Waals surface area (Å²) in [7, 11) is 0. The minimum atomic E-state index is 0.519. The van der Waals surface area contributed by atoms with Gasteiger partial charge in [0.25, 0.3) is 0 Å². The molecule has 0 radical (unpaired) electrons. The number of thioether (sulfide) groups is 1. The van der Waals surface area contributed by atoms with Gasteiger partial charge in [-0.25, -0.2) is 0 Å². The van der Waals surface area contributed by atoms with E-state index in [1.165, 1.54) is 70.0 Å². The van der Waals surface area contributed by atoms with Crippen molar-refractivity contribution >= 4 is 11.8 Å². The lowest BCUT2D eigenvalue weighted by atomic mass is 10.1. The first-order valence-corrected chi connectivity index (χ1v) is 8.88. The summed E-state index contributed by atoms with van der Waals surface area (Å²) < 4.78 is 0. The molecular weight excluding hydrogens is 236 g/mol. The monoisotopic (exact) mass is 268 g/mol. The molecule has 0 aliphatic rings. The van der Waals surface area contributed by atoms with Crippen molar-refractivity contribution in [3.05, 3.63) is 0 Å². The quantitative estimate of drug-likeness (QED) is 0.315. The maximum atomic E-state index is 3.19. The summed E-state index contributed by atoms with van der Waals surface area (Å²) in [5, 5.41) is 3.18. The molecule has 0 fully saturated rings. The lowest BCUT2D eigenvalue weighted by Gasteiger charge is -2.01. The zero-order valence-corrected chi connectivity index (χ0v) is 13.6. The average molecular weight is 269 g/mol. The van der Waals surface area contributed by atoms with E-state index in [0.717, 1.165) is 0 Å². The molecule has 0 heterocycles. The standard InChI is InChI=1S/C17H32S/c1-4-5-6-7-8-9-10-11-12-13-15-18-16-14-17(2)3/h17H,4-13,15H2,1-3H3. The van der Waals surface area contributed by atoms with Crippen molar-refractivity contribution in [3.8, 4) is 11.2 Å². The Morgan fingerprint density at radius 1 is 0.778 bits per heavy atom. The number of unbranched alkanes of at least 4 members (excludes halogenated alkanes) is 9. The molecule has 0 saturated carbocycles. The maximum absolute atomic E-state index is 3.19. The SMILES string of the molecule is CCCCCCCCCCCCSC#CC(C)C. The molecule has 0 bridgehead atoms. The van der Waals surface area contributed by atoms with Crippen LogP contribution in [0, 0.1) is 17.1 Å². The molecule has 0 nitrogen and oxygen atoms in total. The molecule has 0 aromatic carbocycles. The van der Waals surface area contributed by atoms with E-state index < -0.39 is 0 Å². The fourth-order valence-electron chi connectivity index (χ4n) is 1.87. The van der Waals surface area contributed by atoms with E-state index in [4.69, 9.17) is 0 Å². The van der Waals surface area contributed by atoms with Crippen molar-refractivity contribution in [2.24, 2.45) is 5.92 Å². The van der Waals surface area contributed by atoms with Gasteiger partial charge in [0.15, 0.2) is 0 Å². The largest absolute Gasteiger partial charge is 0.0884 e. The lowest BCUT2D eigenvalue weighted by molar-refractivity contribution is 0.563. The van der Waals surface area contributed by atoms with Crippen LogP contribution in [0.2, 0.25) is 0 Å². The number of hydrogen-bond acceptors (Lipinski definition) is 1. The van der Waals surface area contributed by atoms with E-state index in [9.17, 15) is 0 Å². The predicted octanol–water partition coefficient (Wildman–Crippen LogP) is 6.26. The average Bonchev–Trinajstić information content (AvgIpc) is 2.34. The molecule has 0 rings (SSSR count). The van der Waals surface area contributed by atoms with Gasteiger partial charge in [-0.1, -0.05) is 96.2 Å². The molecule has 0 aromatic heterocycles. The summed E-state index contributed by atoms with van der Waals surface area (Å²) in [5.41, 5.74) is 0. The molecule has 0 atom stereocenters. The van der Waals surface area contributed by atoms with Crippen LogP contribution in [0.25, 0.3) is 0 Å². The zero-order valence-electron chi connectivity index (χ0n) is 12.8. The van der Waals surface area contributed by atoms with Crippen LogP contribution < -0.4 is 0 Å². The zero-order chi connectivity index (χ0) is 13.5. The van der Waals surface area contributed by atoms with Gasteiger partial charge in [-0.3, -0.25) is 0 Å². The van der Waals surface area contributed by atoms with Gasteiger partial charge in [-0.15, -0.1) is 0 Å². The minimum Gasteiger partial charge on any atom is -0.0884 e. The Bertz CT molecular complexity index is 209. The summed E-state index contributed by atoms with van der Waals surface area (Å²) >= 11 is 1.80. The Hall–Kier alpha value is -0.0900. The molecule has 0 aliphatic carbocycles. The first-order chi connectivity index (χ1) is 8.77. The third-order valence-electron chi connectivity index (χ3n) is 3.02. The van der Waals surface area contributed by atoms with Gasteiger partial charge in [0.05, 0.1) is 0 Å². The molecule has 106 valence electrons. The van der Waals surface area contributed by atoms with Gasteiger partial charge < -0.3 is 0 Å².